The number of rotatable bonds is 8. The molecule has 1 aromatic rings. The number of benzene rings is 1. The normalized spacial score (nSPS) is 10.4. The molecule has 4 nitrogen and oxygen atoms in total. The molecule has 0 unspecified atom stereocenters. The van der Waals surface area contributed by atoms with Gasteiger partial charge in [0.2, 0.25) is 0 Å². The van der Waals surface area contributed by atoms with E-state index >= 15 is 0 Å². The van der Waals surface area contributed by atoms with E-state index < -0.39 is 5.97 Å². The lowest BCUT2D eigenvalue weighted by atomic mass is 10.1. The molecule has 0 heterocycles. The second-order valence-corrected chi connectivity index (χ2v) is 5.63. The number of hydrogen-bond acceptors (Lipinski definition) is 3. The van der Waals surface area contributed by atoms with Crippen LogP contribution >= 0.6 is 15.9 Å². The van der Waals surface area contributed by atoms with Crippen LogP contribution in [0.5, 0.6) is 0 Å². The van der Waals surface area contributed by atoms with Crippen LogP contribution in [0.2, 0.25) is 0 Å². The molecule has 0 atom stereocenters. The molecule has 1 amide bonds. The van der Waals surface area contributed by atoms with Crippen LogP contribution in [0.1, 0.15) is 59.9 Å². The maximum absolute atomic E-state index is 12.7. The van der Waals surface area contributed by atoms with Gasteiger partial charge in [0.05, 0.1) is 12.2 Å². The van der Waals surface area contributed by atoms with Crippen LogP contribution < -0.4 is 0 Å². The maximum atomic E-state index is 12.7. The molecule has 0 saturated carbocycles. The lowest BCUT2D eigenvalue weighted by Gasteiger charge is -2.22. The van der Waals surface area contributed by atoms with Crippen LogP contribution in [0.4, 0.5) is 0 Å². The van der Waals surface area contributed by atoms with E-state index in [1.165, 1.54) is 0 Å². The molecule has 5 heteroatoms. The topological polar surface area (TPSA) is 46.6 Å². The lowest BCUT2D eigenvalue weighted by molar-refractivity contribution is 0.0526. The monoisotopic (exact) mass is 369 g/mol. The molecule has 0 N–H and O–H groups in total. The minimum absolute atomic E-state index is 0.0305. The fourth-order valence-electron chi connectivity index (χ4n) is 2.26. The first-order valence-corrected chi connectivity index (χ1v) is 8.85. The Morgan fingerprint density at radius 3 is 2.14 bits per heavy atom. The second-order valence-electron chi connectivity index (χ2n) is 5.06. The van der Waals surface area contributed by atoms with Crippen LogP contribution in [0.15, 0.2) is 18.2 Å². The van der Waals surface area contributed by atoms with E-state index in [2.05, 4.69) is 29.8 Å². The molecule has 0 fully saturated rings. The summed E-state index contributed by atoms with van der Waals surface area (Å²) in [6.07, 6.45) is 1.82. The fraction of sp³-hybridized carbons (Fsp3) is 0.529. The molecule has 0 bridgehead atoms. The van der Waals surface area contributed by atoms with Crippen LogP contribution in [0, 0.1) is 0 Å². The molecule has 0 aliphatic carbocycles. The average Bonchev–Trinajstić information content (AvgIpc) is 2.53. The third-order valence-electron chi connectivity index (χ3n) is 3.18. The van der Waals surface area contributed by atoms with Crippen LogP contribution in [0.3, 0.4) is 0 Å². The van der Waals surface area contributed by atoms with Gasteiger partial charge < -0.3 is 9.64 Å². The molecule has 0 aliphatic rings. The SMILES string of the molecule is CCCN(CCC)C(=O)c1cc(CBr)cc(C(=O)OCC)c1. The van der Waals surface area contributed by atoms with E-state index in [1.807, 2.05) is 11.0 Å². The maximum Gasteiger partial charge on any atom is 0.338 e. The van der Waals surface area contributed by atoms with Crippen LogP contribution in [-0.2, 0) is 10.1 Å². The Bertz CT molecular complexity index is 511. The molecular weight excluding hydrogens is 346 g/mol. The summed E-state index contributed by atoms with van der Waals surface area (Å²) in [6.45, 7) is 7.63. The van der Waals surface area contributed by atoms with Crippen molar-refractivity contribution in [1.82, 2.24) is 4.90 Å². The van der Waals surface area contributed by atoms with Gasteiger partial charge in [-0.25, -0.2) is 4.79 Å². The highest BCUT2D eigenvalue weighted by Crippen LogP contribution is 2.16. The van der Waals surface area contributed by atoms with Gasteiger partial charge in [0, 0.05) is 24.0 Å². The van der Waals surface area contributed by atoms with Crippen molar-refractivity contribution in [2.45, 2.75) is 38.9 Å². The van der Waals surface area contributed by atoms with Crippen LogP contribution in [0.25, 0.3) is 0 Å². The average molecular weight is 370 g/mol. The Labute approximate surface area is 141 Å². The van der Waals surface area contributed by atoms with Crippen LogP contribution in [-0.4, -0.2) is 36.5 Å². The zero-order valence-corrected chi connectivity index (χ0v) is 15.1. The van der Waals surface area contributed by atoms with E-state index in [1.54, 1.807) is 19.1 Å². The van der Waals surface area contributed by atoms with Gasteiger partial charge in [-0.2, -0.15) is 0 Å². The van der Waals surface area contributed by atoms with E-state index in [0.29, 0.717) is 23.1 Å². The van der Waals surface area contributed by atoms with Gasteiger partial charge in [-0.3, -0.25) is 4.79 Å². The van der Waals surface area contributed by atoms with Crippen molar-refractivity contribution in [2.24, 2.45) is 0 Å². The standard InChI is InChI=1S/C17H24BrNO3/c1-4-7-19(8-5-2)16(20)14-9-13(12-18)10-15(11-14)17(21)22-6-3/h9-11H,4-8,12H2,1-3H3. The number of alkyl halides is 1. The smallest absolute Gasteiger partial charge is 0.338 e. The molecule has 22 heavy (non-hydrogen) atoms. The Kier molecular flexibility index (Phi) is 8.17. The van der Waals surface area contributed by atoms with Gasteiger partial charge in [-0.15, -0.1) is 0 Å². The molecule has 0 radical (unpaired) electrons. The van der Waals surface area contributed by atoms with Crippen molar-refractivity contribution in [3.05, 3.63) is 34.9 Å². The Morgan fingerprint density at radius 2 is 1.64 bits per heavy atom. The Balaban J connectivity index is 3.13. The number of esters is 1. The first-order valence-electron chi connectivity index (χ1n) is 7.73. The quantitative estimate of drug-likeness (QED) is 0.513. The first kappa shape index (κ1) is 18.7. The molecule has 1 rings (SSSR count). The van der Waals surface area contributed by atoms with E-state index in [4.69, 9.17) is 4.74 Å². The number of halogens is 1. The summed E-state index contributed by atoms with van der Waals surface area (Å²) in [4.78, 5) is 26.5. The van der Waals surface area contributed by atoms with Gasteiger partial charge in [-0.1, -0.05) is 29.8 Å². The van der Waals surface area contributed by atoms with Gasteiger partial charge >= 0.3 is 5.97 Å². The van der Waals surface area contributed by atoms with Gasteiger partial charge in [0.25, 0.3) is 5.91 Å². The highest BCUT2D eigenvalue weighted by molar-refractivity contribution is 9.08. The Morgan fingerprint density at radius 1 is 1.05 bits per heavy atom. The van der Waals surface area contributed by atoms with E-state index in [9.17, 15) is 9.59 Å². The molecule has 122 valence electrons. The number of nitrogens with zero attached hydrogens (tertiary/aromatic N) is 1. The van der Waals surface area contributed by atoms with Crippen molar-refractivity contribution in [3.63, 3.8) is 0 Å². The number of hydrogen-bond donors (Lipinski definition) is 0. The first-order chi connectivity index (χ1) is 10.6. The third kappa shape index (κ3) is 5.13. The summed E-state index contributed by atoms with van der Waals surface area (Å²) in [5, 5.41) is 0.585. The molecular formula is C17H24BrNO3. The highest BCUT2D eigenvalue weighted by Gasteiger charge is 2.18. The third-order valence-corrected chi connectivity index (χ3v) is 3.83. The zero-order valence-electron chi connectivity index (χ0n) is 13.5. The lowest BCUT2D eigenvalue weighted by Crippen LogP contribution is -2.32. The summed E-state index contributed by atoms with van der Waals surface area (Å²) in [5.74, 6) is -0.422. The van der Waals surface area contributed by atoms with E-state index in [-0.39, 0.29) is 5.91 Å². The number of carbonyl (C=O) groups excluding carboxylic acids is 2. The predicted octanol–water partition coefficient (Wildman–Crippen LogP) is 4.02. The van der Waals surface area contributed by atoms with Gasteiger partial charge in [0.1, 0.15) is 0 Å². The molecule has 0 spiro atoms. The fourth-order valence-corrected chi connectivity index (χ4v) is 2.59. The van der Waals surface area contributed by atoms with Crippen molar-refractivity contribution in [2.75, 3.05) is 19.7 Å². The molecule has 0 saturated heterocycles. The summed E-state index contributed by atoms with van der Waals surface area (Å²) in [7, 11) is 0. The van der Waals surface area contributed by atoms with Gasteiger partial charge in [-0.05, 0) is 43.5 Å². The summed E-state index contributed by atoms with van der Waals surface area (Å²) < 4.78 is 5.04. The van der Waals surface area contributed by atoms with Crippen molar-refractivity contribution >= 4 is 27.8 Å². The molecule has 1 aromatic carbocycles. The number of carbonyl (C=O) groups is 2. The number of amides is 1. The Hall–Kier alpha value is -1.36. The van der Waals surface area contributed by atoms with E-state index in [0.717, 1.165) is 31.5 Å². The zero-order chi connectivity index (χ0) is 16.5. The second kappa shape index (κ2) is 9.62. The summed E-state index contributed by atoms with van der Waals surface area (Å²) >= 11 is 3.38. The summed E-state index contributed by atoms with van der Waals surface area (Å²) in [6, 6.07) is 5.22. The van der Waals surface area contributed by atoms with Crippen molar-refractivity contribution in [1.29, 1.82) is 0 Å². The number of ether oxygens (including phenoxy) is 1. The minimum atomic E-state index is -0.392. The largest absolute Gasteiger partial charge is 0.462 e. The highest BCUT2D eigenvalue weighted by atomic mass is 79.9. The summed E-state index contributed by atoms with van der Waals surface area (Å²) in [5.41, 5.74) is 1.86. The van der Waals surface area contributed by atoms with Crippen molar-refractivity contribution in [3.8, 4) is 0 Å². The van der Waals surface area contributed by atoms with Gasteiger partial charge in [0.15, 0.2) is 0 Å². The molecule has 0 aromatic heterocycles. The predicted molar refractivity (Wildman–Crippen MR) is 91.5 cm³/mol. The van der Waals surface area contributed by atoms with Crippen molar-refractivity contribution < 1.29 is 14.3 Å². The molecule has 0 aliphatic heterocycles. The minimum Gasteiger partial charge on any atom is -0.462 e.